The zero-order chi connectivity index (χ0) is 11.4. The molecule has 2 N–H and O–H groups in total. The van der Waals surface area contributed by atoms with Gasteiger partial charge in [-0.2, -0.15) is 0 Å². The zero-order valence-corrected chi connectivity index (χ0v) is 9.03. The van der Waals surface area contributed by atoms with Crippen LogP contribution in [0.3, 0.4) is 0 Å². The SMILES string of the molecule is Cc1ccc([C@@H](C)CCC(=O)O)c(O)c1. The molecular formula is C12H16O3. The summed E-state index contributed by atoms with van der Waals surface area (Å²) in [5, 5.41) is 18.2. The number of carboxylic acids is 1. The summed E-state index contributed by atoms with van der Waals surface area (Å²) >= 11 is 0. The van der Waals surface area contributed by atoms with Gasteiger partial charge in [-0.25, -0.2) is 0 Å². The van der Waals surface area contributed by atoms with Crippen LogP contribution in [0, 0.1) is 6.92 Å². The van der Waals surface area contributed by atoms with Gasteiger partial charge in [0.15, 0.2) is 0 Å². The van der Waals surface area contributed by atoms with Crippen molar-refractivity contribution in [1.29, 1.82) is 0 Å². The first-order valence-corrected chi connectivity index (χ1v) is 5.02. The Morgan fingerprint density at radius 2 is 2.13 bits per heavy atom. The number of hydrogen-bond acceptors (Lipinski definition) is 2. The molecule has 3 nitrogen and oxygen atoms in total. The van der Waals surface area contributed by atoms with E-state index in [1.807, 2.05) is 26.0 Å². The zero-order valence-electron chi connectivity index (χ0n) is 9.03. The lowest BCUT2D eigenvalue weighted by Crippen LogP contribution is -2.00. The van der Waals surface area contributed by atoms with Gasteiger partial charge in [0.1, 0.15) is 5.75 Å². The molecule has 15 heavy (non-hydrogen) atoms. The van der Waals surface area contributed by atoms with Gasteiger partial charge in [0.05, 0.1) is 0 Å². The first-order valence-electron chi connectivity index (χ1n) is 5.02. The maximum absolute atomic E-state index is 10.4. The summed E-state index contributed by atoms with van der Waals surface area (Å²) in [4.78, 5) is 10.4. The average Bonchev–Trinajstić information content (AvgIpc) is 2.14. The summed E-state index contributed by atoms with van der Waals surface area (Å²) in [5.41, 5.74) is 1.82. The Labute approximate surface area is 89.4 Å². The van der Waals surface area contributed by atoms with E-state index in [-0.39, 0.29) is 18.1 Å². The number of benzene rings is 1. The van der Waals surface area contributed by atoms with Gasteiger partial charge in [0, 0.05) is 6.42 Å². The molecule has 0 aliphatic rings. The molecule has 0 bridgehead atoms. The van der Waals surface area contributed by atoms with E-state index in [0.29, 0.717) is 6.42 Å². The van der Waals surface area contributed by atoms with Crippen molar-refractivity contribution in [2.75, 3.05) is 0 Å². The lowest BCUT2D eigenvalue weighted by molar-refractivity contribution is -0.137. The molecule has 0 aliphatic heterocycles. The molecule has 0 saturated heterocycles. The summed E-state index contributed by atoms with van der Waals surface area (Å²) in [6.45, 7) is 3.83. The molecule has 0 radical (unpaired) electrons. The fourth-order valence-corrected chi connectivity index (χ4v) is 1.57. The molecule has 0 saturated carbocycles. The van der Waals surface area contributed by atoms with E-state index in [1.54, 1.807) is 6.07 Å². The third-order valence-electron chi connectivity index (χ3n) is 2.51. The second-order valence-electron chi connectivity index (χ2n) is 3.90. The van der Waals surface area contributed by atoms with Crippen LogP contribution in [0.4, 0.5) is 0 Å². The van der Waals surface area contributed by atoms with Crippen LogP contribution in [-0.4, -0.2) is 16.2 Å². The number of aliphatic carboxylic acids is 1. The van der Waals surface area contributed by atoms with E-state index in [4.69, 9.17) is 5.11 Å². The van der Waals surface area contributed by atoms with Gasteiger partial charge < -0.3 is 10.2 Å². The Morgan fingerprint density at radius 1 is 1.47 bits per heavy atom. The van der Waals surface area contributed by atoms with Gasteiger partial charge in [0.2, 0.25) is 0 Å². The molecule has 0 spiro atoms. The van der Waals surface area contributed by atoms with E-state index in [9.17, 15) is 9.90 Å². The topological polar surface area (TPSA) is 57.5 Å². The van der Waals surface area contributed by atoms with E-state index in [2.05, 4.69) is 0 Å². The van der Waals surface area contributed by atoms with E-state index in [1.165, 1.54) is 0 Å². The first kappa shape index (κ1) is 11.6. The first-order chi connectivity index (χ1) is 7.00. The molecule has 1 aromatic carbocycles. The normalized spacial score (nSPS) is 12.4. The van der Waals surface area contributed by atoms with Crippen LogP contribution >= 0.6 is 0 Å². The molecule has 0 aromatic heterocycles. The molecule has 1 rings (SSSR count). The molecule has 1 aromatic rings. The van der Waals surface area contributed by atoms with Crippen molar-refractivity contribution in [2.45, 2.75) is 32.6 Å². The highest BCUT2D eigenvalue weighted by Crippen LogP contribution is 2.29. The second-order valence-corrected chi connectivity index (χ2v) is 3.90. The maximum atomic E-state index is 10.4. The van der Waals surface area contributed by atoms with Crippen LogP contribution in [0.1, 0.15) is 36.8 Å². The largest absolute Gasteiger partial charge is 0.508 e. The van der Waals surface area contributed by atoms with Crippen molar-refractivity contribution < 1.29 is 15.0 Å². The lowest BCUT2D eigenvalue weighted by atomic mass is 9.94. The molecular weight excluding hydrogens is 192 g/mol. The van der Waals surface area contributed by atoms with E-state index >= 15 is 0 Å². The van der Waals surface area contributed by atoms with Gasteiger partial charge in [-0.1, -0.05) is 19.1 Å². The smallest absolute Gasteiger partial charge is 0.303 e. The number of hydrogen-bond donors (Lipinski definition) is 2. The Bertz CT molecular complexity index is 358. The Balaban J connectivity index is 2.73. The molecule has 0 fully saturated rings. The van der Waals surface area contributed by atoms with Gasteiger partial charge in [-0.3, -0.25) is 4.79 Å². The minimum Gasteiger partial charge on any atom is -0.508 e. The van der Waals surface area contributed by atoms with Crippen LogP contribution < -0.4 is 0 Å². The van der Waals surface area contributed by atoms with Crippen LogP contribution in [0.5, 0.6) is 5.75 Å². The van der Waals surface area contributed by atoms with Crippen molar-refractivity contribution in [3.05, 3.63) is 29.3 Å². The summed E-state index contributed by atoms with van der Waals surface area (Å²) in [6, 6.07) is 5.48. The third kappa shape index (κ3) is 3.27. The number of phenolic OH excluding ortho intramolecular Hbond substituents is 1. The molecule has 82 valence electrons. The standard InChI is InChI=1S/C12H16O3/c1-8-3-5-10(11(13)7-8)9(2)4-6-12(14)15/h3,5,7,9,13H,4,6H2,1-2H3,(H,14,15)/t9-/m0/s1. The van der Waals surface area contributed by atoms with Crippen molar-refractivity contribution in [2.24, 2.45) is 0 Å². The molecule has 3 heteroatoms. The monoisotopic (exact) mass is 208 g/mol. The summed E-state index contributed by atoms with van der Waals surface area (Å²) in [6.07, 6.45) is 0.681. The Hall–Kier alpha value is -1.51. The van der Waals surface area contributed by atoms with Crippen molar-refractivity contribution in [3.63, 3.8) is 0 Å². The fraction of sp³-hybridized carbons (Fsp3) is 0.417. The minimum absolute atomic E-state index is 0.0710. The molecule has 1 atom stereocenters. The van der Waals surface area contributed by atoms with Crippen molar-refractivity contribution in [1.82, 2.24) is 0 Å². The fourth-order valence-electron chi connectivity index (χ4n) is 1.57. The average molecular weight is 208 g/mol. The quantitative estimate of drug-likeness (QED) is 0.799. The van der Waals surface area contributed by atoms with Crippen LogP contribution in [0.2, 0.25) is 0 Å². The Morgan fingerprint density at radius 3 is 2.67 bits per heavy atom. The Kier molecular flexibility index (Phi) is 3.72. The number of carboxylic acid groups (broad SMARTS) is 1. The van der Waals surface area contributed by atoms with Crippen LogP contribution in [-0.2, 0) is 4.79 Å². The number of phenols is 1. The predicted octanol–water partition coefficient (Wildman–Crippen LogP) is 2.67. The summed E-state index contributed by atoms with van der Waals surface area (Å²) in [7, 11) is 0. The molecule has 0 aliphatic carbocycles. The van der Waals surface area contributed by atoms with E-state index < -0.39 is 5.97 Å². The van der Waals surface area contributed by atoms with Gasteiger partial charge in [0.25, 0.3) is 0 Å². The highest BCUT2D eigenvalue weighted by atomic mass is 16.4. The number of aromatic hydroxyl groups is 1. The van der Waals surface area contributed by atoms with Gasteiger partial charge >= 0.3 is 5.97 Å². The maximum Gasteiger partial charge on any atom is 0.303 e. The van der Waals surface area contributed by atoms with Crippen molar-refractivity contribution >= 4 is 5.97 Å². The summed E-state index contributed by atoms with van der Waals surface area (Å²) < 4.78 is 0. The highest BCUT2D eigenvalue weighted by molar-refractivity contribution is 5.66. The van der Waals surface area contributed by atoms with Crippen LogP contribution in [0.15, 0.2) is 18.2 Å². The number of carbonyl (C=O) groups is 1. The van der Waals surface area contributed by atoms with Crippen LogP contribution in [0.25, 0.3) is 0 Å². The number of rotatable bonds is 4. The minimum atomic E-state index is -0.798. The molecule has 0 amide bonds. The predicted molar refractivity (Wildman–Crippen MR) is 58.1 cm³/mol. The summed E-state index contributed by atoms with van der Waals surface area (Å²) in [5.74, 6) is -0.469. The van der Waals surface area contributed by atoms with Crippen molar-refractivity contribution in [3.8, 4) is 5.75 Å². The van der Waals surface area contributed by atoms with E-state index in [0.717, 1.165) is 11.1 Å². The molecule has 0 unspecified atom stereocenters. The molecule has 0 heterocycles. The van der Waals surface area contributed by atoms with Gasteiger partial charge in [-0.05, 0) is 36.5 Å². The lowest BCUT2D eigenvalue weighted by Gasteiger charge is -2.12. The number of aryl methyl sites for hydroxylation is 1. The highest BCUT2D eigenvalue weighted by Gasteiger charge is 2.11. The third-order valence-corrected chi connectivity index (χ3v) is 2.51. The second kappa shape index (κ2) is 4.82. The van der Waals surface area contributed by atoms with Gasteiger partial charge in [-0.15, -0.1) is 0 Å².